The van der Waals surface area contributed by atoms with Crippen molar-refractivity contribution < 1.29 is 18.7 Å². The molecule has 0 atom stereocenters. The Morgan fingerprint density at radius 3 is 2.57 bits per heavy atom. The predicted molar refractivity (Wildman–Crippen MR) is 165 cm³/mol. The number of anilines is 1. The number of methoxy groups -OCH3 is 1. The van der Waals surface area contributed by atoms with Crippen LogP contribution in [0.25, 0.3) is 22.6 Å². The van der Waals surface area contributed by atoms with Crippen molar-refractivity contribution in [3.8, 4) is 28.4 Å². The van der Waals surface area contributed by atoms with Crippen LogP contribution in [0.4, 0.5) is 5.82 Å². The summed E-state index contributed by atoms with van der Waals surface area (Å²) >= 11 is 7.53. The van der Waals surface area contributed by atoms with Crippen LogP contribution in [0.2, 0.25) is 4.34 Å². The number of pyridine rings is 2. The van der Waals surface area contributed by atoms with Crippen molar-refractivity contribution in [3.05, 3.63) is 122 Å². The zero-order chi connectivity index (χ0) is 30.6. The van der Waals surface area contributed by atoms with Gasteiger partial charge in [0.05, 0.1) is 47.7 Å². The van der Waals surface area contributed by atoms with Crippen LogP contribution in [-0.2, 0) is 13.1 Å². The lowest BCUT2D eigenvalue weighted by molar-refractivity contribution is 0.0931. The van der Waals surface area contributed by atoms with Crippen molar-refractivity contribution >= 4 is 40.4 Å². The number of benzene rings is 1. The van der Waals surface area contributed by atoms with E-state index in [2.05, 4.69) is 15.3 Å². The number of nitrogens with one attached hydrogen (secondary N) is 1. The average Bonchev–Trinajstić information content (AvgIpc) is 3.83. The third kappa shape index (κ3) is 5.80. The summed E-state index contributed by atoms with van der Waals surface area (Å²) in [5.41, 5.74) is 1.40. The van der Waals surface area contributed by atoms with Gasteiger partial charge < -0.3 is 14.5 Å². The van der Waals surface area contributed by atoms with Gasteiger partial charge in [-0.1, -0.05) is 29.8 Å². The Hall–Kier alpha value is -5.33. The highest BCUT2D eigenvalue weighted by atomic mass is 35.5. The molecule has 0 spiro atoms. The number of ether oxygens (including phenoxy) is 1. The lowest BCUT2D eigenvalue weighted by Gasteiger charge is -2.14. The van der Waals surface area contributed by atoms with Gasteiger partial charge in [-0.2, -0.15) is 9.78 Å². The molecule has 0 fully saturated rings. The number of aromatic nitrogens is 5. The first-order valence-electron chi connectivity index (χ1n) is 13.3. The van der Waals surface area contributed by atoms with E-state index >= 15 is 0 Å². The van der Waals surface area contributed by atoms with E-state index in [-0.39, 0.29) is 29.4 Å². The Labute approximate surface area is 259 Å². The van der Waals surface area contributed by atoms with Crippen LogP contribution in [0.5, 0.6) is 5.75 Å². The van der Waals surface area contributed by atoms with E-state index in [0.717, 1.165) is 4.88 Å². The van der Waals surface area contributed by atoms with Crippen molar-refractivity contribution in [2.75, 3.05) is 12.4 Å². The van der Waals surface area contributed by atoms with Gasteiger partial charge in [-0.25, -0.2) is 4.98 Å². The molecule has 0 aliphatic carbocycles. The molecule has 0 unspecified atom stereocenters. The third-order valence-electron chi connectivity index (χ3n) is 6.65. The Morgan fingerprint density at radius 1 is 1.00 bits per heavy atom. The van der Waals surface area contributed by atoms with Crippen molar-refractivity contribution in [2.45, 2.75) is 13.1 Å². The highest BCUT2D eigenvalue weighted by Gasteiger charge is 2.25. The molecule has 11 nitrogen and oxygen atoms in total. The Kier molecular flexibility index (Phi) is 8.17. The molecule has 5 aromatic heterocycles. The molecule has 13 heteroatoms. The normalized spacial score (nSPS) is 11.0. The quantitative estimate of drug-likeness (QED) is 0.191. The van der Waals surface area contributed by atoms with Gasteiger partial charge in [0, 0.05) is 28.8 Å². The number of oxazole rings is 1. The van der Waals surface area contributed by atoms with E-state index < -0.39 is 17.2 Å². The zero-order valence-corrected chi connectivity index (χ0v) is 24.7. The van der Waals surface area contributed by atoms with Gasteiger partial charge in [-0.05, 0) is 42.5 Å². The lowest BCUT2D eigenvalue weighted by atomic mass is 10.1. The Balaban J connectivity index is 1.53. The Bertz CT molecular complexity index is 2020. The molecule has 1 N–H and O–H groups in total. The number of thiophene rings is 1. The summed E-state index contributed by atoms with van der Waals surface area (Å²) in [5, 5.41) is 7.97. The summed E-state index contributed by atoms with van der Waals surface area (Å²) in [7, 11) is 1.48. The number of hydrogen-bond acceptors (Lipinski definition) is 10. The number of hydrogen-bond donors (Lipinski definition) is 1. The standard InChI is InChI=1S/C31H23ClN6O5S/c1-42-25-8-3-2-6-21(25)31(41)38-27(35-17-19-9-11-26(32)44-19)16-23(36-38)29-20(22-7-4-5-13-33-22)10-12-28(40)37(29)18-24(39)30-34-14-15-43-30/h2-16,35H,17-18H2,1H3. The predicted octanol–water partition coefficient (Wildman–Crippen LogP) is 5.67. The van der Waals surface area contributed by atoms with Gasteiger partial charge in [0.1, 0.15) is 23.5 Å². The minimum absolute atomic E-state index is 0.139. The summed E-state index contributed by atoms with van der Waals surface area (Å²) < 4.78 is 13.7. The number of ketones is 1. The number of rotatable bonds is 10. The van der Waals surface area contributed by atoms with Crippen LogP contribution in [0.1, 0.15) is 25.9 Å². The molecule has 0 amide bonds. The van der Waals surface area contributed by atoms with Gasteiger partial charge in [0.15, 0.2) is 0 Å². The second-order valence-corrected chi connectivity index (χ2v) is 11.2. The van der Waals surface area contributed by atoms with E-state index in [9.17, 15) is 14.4 Å². The lowest BCUT2D eigenvalue weighted by Crippen LogP contribution is -2.26. The second kappa shape index (κ2) is 12.5. The topological polar surface area (TPSA) is 134 Å². The van der Waals surface area contributed by atoms with Crippen molar-refractivity contribution in [1.29, 1.82) is 0 Å². The molecule has 0 aliphatic rings. The molecule has 44 heavy (non-hydrogen) atoms. The number of carbonyl (C=O) groups excluding carboxylic acids is 2. The van der Waals surface area contributed by atoms with Crippen LogP contribution < -0.4 is 15.6 Å². The molecule has 220 valence electrons. The first-order valence-corrected chi connectivity index (χ1v) is 14.5. The number of carbonyl (C=O) groups is 2. The maximum absolute atomic E-state index is 14.0. The van der Waals surface area contributed by atoms with E-state index in [1.54, 1.807) is 60.8 Å². The summed E-state index contributed by atoms with van der Waals surface area (Å²) in [5.74, 6) is -0.420. The second-order valence-electron chi connectivity index (χ2n) is 9.39. The molecule has 6 aromatic rings. The SMILES string of the molecule is COc1ccccc1C(=O)n1nc(-c2c(-c3ccccn3)ccc(=O)n2CC(=O)c2ncco2)cc1NCc1ccc(Cl)s1. The molecule has 0 radical (unpaired) electrons. The minimum atomic E-state index is -0.519. The first kappa shape index (κ1) is 28.8. The van der Waals surface area contributed by atoms with Gasteiger partial charge >= 0.3 is 0 Å². The maximum Gasteiger partial charge on any atom is 0.283 e. The molecule has 6 rings (SSSR count). The number of para-hydroxylation sites is 1. The summed E-state index contributed by atoms with van der Waals surface area (Å²) in [6, 6.07) is 20.5. The fourth-order valence-electron chi connectivity index (χ4n) is 4.65. The summed E-state index contributed by atoms with van der Waals surface area (Å²) in [4.78, 5) is 49.7. The molecule has 5 heterocycles. The van der Waals surface area contributed by atoms with Gasteiger partial charge in [-0.15, -0.1) is 11.3 Å². The monoisotopic (exact) mass is 626 g/mol. The van der Waals surface area contributed by atoms with Crippen molar-refractivity contribution in [3.63, 3.8) is 0 Å². The zero-order valence-electron chi connectivity index (χ0n) is 23.1. The maximum atomic E-state index is 14.0. The average molecular weight is 627 g/mol. The van der Waals surface area contributed by atoms with E-state index in [4.69, 9.17) is 25.9 Å². The highest BCUT2D eigenvalue weighted by Crippen LogP contribution is 2.32. The van der Waals surface area contributed by atoms with Gasteiger partial charge in [0.25, 0.3) is 17.4 Å². The fraction of sp³-hybridized carbons (Fsp3) is 0.0968. The molecule has 0 bridgehead atoms. The molecule has 1 aromatic carbocycles. The van der Waals surface area contributed by atoms with E-state index in [1.165, 1.54) is 46.2 Å². The molecular formula is C31H23ClN6O5S. The smallest absolute Gasteiger partial charge is 0.283 e. The third-order valence-corrected chi connectivity index (χ3v) is 7.88. The number of Topliss-reactive ketones (excluding diaryl/α,β-unsaturated/α-hetero) is 1. The minimum Gasteiger partial charge on any atom is -0.496 e. The van der Waals surface area contributed by atoms with Crippen LogP contribution in [0.3, 0.4) is 0 Å². The summed E-state index contributed by atoms with van der Waals surface area (Å²) in [6.45, 7) is -0.0435. The first-order chi connectivity index (χ1) is 21.4. The van der Waals surface area contributed by atoms with Crippen LogP contribution >= 0.6 is 22.9 Å². The van der Waals surface area contributed by atoms with Crippen LogP contribution in [0.15, 0.2) is 101 Å². The van der Waals surface area contributed by atoms with E-state index in [1.807, 2.05) is 12.1 Å². The molecule has 0 saturated heterocycles. The number of halogens is 1. The van der Waals surface area contributed by atoms with Gasteiger partial charge in [-0.3, -0.25) is 23.9 Å². The highest BCUT2D eigenvalue weighted by molar-refractivity contribution is 7.16. The Morgan fingerprint density at radius 2 is 1.84 bits per heavy atom. The molecular weight excluding hydrogens is 604 g/mol. The van der Waals surface area contributed by atoms with Crippen molar-refractivity contribution in [1.82, 2.24) is 24.3 Å². The molecule has 0 aliphatic heterocycles. The van der Waals surface area contributed by atoms with Crippen LogP contribution in [-0.4, -0.2) is 43.1 Å². The summed E-state index contributed by atoms with van der Waals surface area (Å²) in [6.07, 6.45) is 4.26. The van der Waals surface area contributed by atoms with Gasteiger partial charge in [0.2, 0.25) is 5.78 Å². The van der Waals surface area contributed by atoms with E-state index in [0.29, 0.717) is 33.7 Å². The van der Waals surface area contributed by atoms with Crippen molar-refractivity contribution in [2.24, 2.45) is 0 Å². The largest absolute Gasteiger partial charge is 0.496 e. The molecule has 0 saturated carbocycles. The number of nitrogens with zero attached hydrogens (tertiary/aromatic N) is 5. The fourth-order valence-corrected chi connectivity index (χ4v) is 5.68. The van der Waals surface area contributed by atoms with Crippen LogP contribution in [0, 0.1) is 0 Å².